The van der Waals surface area contributed by atoms with Crippen LogP contribution in [0.4, 0.5) is 14.6 Å². The summed E-state index contributed by atoms with van der Waals surface area (Å²) in [6.45, 7) is 5.50. The van der Waals surface area contributed by atoms with Crippen molar-refractivity contribution < 1.29 is 33.2 Å². The summed E-state index contributed by atoms with van der Waals surface area (Å²) < 4.78 is 50.0. The monoisotopic (exact) mass is 685 g/mol. The minimum Gasteiger partial charge on any atom is -0.508 e. The number of aromatic nitrogens is 3. The molecule has 4 fully saturated rings. The number of benzene rings is 2. The Balaban J connectivity index is 1.28. The summed E-state index contributed by atoms with van der Waals surface area (Å²) in [6.07, 6.45) is 12.3. The molecule has 0 spiro atoms. The first-order chi connectivity index (χ1) is 24.1. The van der Waals surface area contributed by atoms with Crippen molar-refractivity contribution >= 4 is 27.5 Å². The highest BCUT2D eigenvalue weighted by Gasteiger charge is 2.51. The van der Waals surface area contributed by atoms with Crippen LogP contribution in [0.15, 0.2) is 24.3 Å². The Bertz CT molecular complexity index is 2030. The molecule has 5 heterocycles. The largest absolute Gasteiger partial charge is 0.508 e. The van der Waals surface area contributed by atoms with Crippen LogP contribution in [0, 0.1) is 29.4 Å². The third kappa shape index (κ3) is 5.47. The summed E-state index contributed by atoms with van der Waals surface area (Å²) in [7, 11) is 1.42. The summed E-state index contributed by atoms with van der Waals surface area (Å²) in [5, 5.41) is 22.6. The molecule has 10 nitrogen and oxygen atoms in total. The highest BCUT2D eigenvalue weighted by molar-refractivity contribution is 6.04. The molecule has 0 unspecified atom stereocenters. The van der Waals surface area contributed by atoms with Gasteiger partial charge in [0, 0.05) is 35.5 Å². The van der Waals surface area contributed by atoms with Crippen molar-refractivity contribution in [3.63, 3.8) is 0 Å². The number of likely N-dealkylation sites (tertiary alicyclic amines) is 1. The zero-order chi connectivity index (χ0) is 34.8. The Morgan fingerprint density at radius 2 is 1.86 bits per heavy atom. The number of hydrogen-bond acceptors (Lipinski definition) is 10. The van der Waals surface area contributed by atoms with Crippen LogP contribution < -0.4 is 14.4 Å². The summed E-state index contributed by atoms with van der Waals surface area (Å²) >= 11 is 0. The zero-order valence-corrected chi connectivity index (χ0v) is 28.3. The Morgan fingerprint density at radius 1 is 1.06 bits per heavy atom. The van der Waals surface area contributed by atoms with E-state index in [1.54, 1.807) is 6.92 Å². The molecule has 0 amide bonds. The lowest BCUT2D eigenvalue weighted by molar-refractivity contribution is -0.115. The predicted molar refractivity (Wildman–Crippen MR) is 185 cm³/mol. The molecule has 1 aliphatic carbocycles. The number of rotatable bonds is 7. The molecule has 3 aliphatic heterocycles. The zero-order valence-electron chi connectivity index (χ0n) is 28.3. The number of halogens is 2. The molecule has 262 valence electrons. The van der Waals surface area contributed by atoms with Gasteiger partial charge in [-0.15, -0.1) is 6.42 Å². The molecular formula is C38H41F2N5O5. The van der Waals surface area contributed by atoms with E-state index in [2.05, 4.69) is 20.8 Å². The molecule has 4 aromatic rings. The number of nitrogens with zero attached hydrogens (tertiary/aromatic N) is 5. The van der Waals surface area contributed by atoms with Crippen LogP contribution in [0.3, 0.4) is 0 Å². The van der Waals surface area contributed by atoms with E-state index < -0.39 is 17.2 Å². The summed E-state index contributed by atoms with van der Waals surface area (Å²) in [5.41, 5.74) is -1.41. The van der Waals surface area contributed by atoms with E-state index in [-0.39, 0.29) is 62.7 Å². The number of piperidine rings is 2. The van der Waals surface area contributed by atoms with E-state index in [1.165, 1.54) is 31.4 Å². The first-order valence-electron chi connectivity index (χ1n) is 17.4. The van der Waals surface area contributed by atoms with Gasteiger partial charge in [-0.25, -0.2) is 13.8 Å². The number of fused-ring (bicyclic) bond motifs is 3. The van der Waals surface area contributed by atoms with Crippen LogP contribution in [0.2, 0.25) is 0 Å². The van der Waals surface area contributed by atoms with Crippen molar-refractivity contribution in [1.29, 1.82) is 0 Å². The average Bonchev–Trinajstić information content (AvgIpc) is 3.51. The van der Waals surface area contributed by atoms with Crippen LogP contribution in [0.5, 0.6) is 17.6 Å². The number of ether oxygens (including phenoxy) is 3. The molecule has 50 heavy (non-hydrogen) atoms. The van der Waals surface area contributed by atoms with Gasteiger partial charge in [0.2, 0.25) is 5.88 Å². The van der Waals surface area contributed by atoms with Gasteiger partial charge in [-0.05, 0) is 75.6 Å². The lowest BCUT2D eigenvalue weighted by Gasteiger charge is -2.51. The van der Waals surface area contributed by atoms with Gasteiger partial charge in [0.25, 0.3) is 0 Å². The van der Waals surface area contributed by atoms with Gasteiger partial charge in [-0.3, -0.25) is 4.90 Å². The van der Waals surface area contributed by atoms with Crippen molar-refractivity contribution in [2.24, 2.45) is 5.41 Å². The van der Waals surface area contributed by atoms with Crippen LogP contribution >= 0.6 is 0 Å². The lowest BCUT2D eigenvalue weighted by atomic mass is 9.75. The van der Waals surface area contributed by atoms with Crippen molar-refractivity contribution in [1.82, 2.24) is 19.9 Å². The van der Waals surface area contributed by atoms with E-state index in [4.69, 9.17) is 25.6 Å². The smallest absolute Gasteiger partial charge is 0.319 e. The van der Waals surface area contributed by atoms with Crippen LogP contribution in [0.1, 0.15) is 57.4 Å². The number of anilines is 1. The summed E-state index contributed by atoms with van der Waals surface area (Å²) in [6, 6.07) is 6.22. The molecule has 2 aromatic carbocycles. The van der Waals surface area contributed by atoms with Gasteiger partial charge in [0.05, 0.1) is 44.1 Å². The minimum absolute atomic E-state index is 0.0103. The highest BCUT2D eigenvalue weighted by atomic mass is 19.1. The quantitative estimate of drug-likeness (QED) is 0.239. The number of phenols is 1. The molecule has 3 atom stereocenters. The second-order valence-corrected chi connectivity index (χ2v) is 14.6. The molecule has 0 bridgehead atoms. The number of β-amino-alcohol motifs (C(OH)–C–C–N with tert-alkyl or cyclic N) is 1. The van der Waals surface area contributed by atoms with Crippen molar-refractivity contribution in [3.05, 3.63) is 41.5 Å². The standard InChI is InChI=1S/C38H41F2N5O5/c1-4-25-27(39)10-9-22-16-24(46)17-26(29(22)25)32-31(40)33-30(35(41-32)48-3)34(44-14-6-11-37(2,47)20-44)43-36(42-33)50-21-38-12-5-8-28(38)45(15-7-13-38)23-18-49-19-23/h1,9-10,16-17,23,28,46-47H,5-8,11-15,18-21H2,2-3H3/t28-,37-,38-/m1/s1. The van der Waals surface area contributed by atoms with Gasteiger partial charge in [-0.2, -0.15) is 9.97 Å². The summed E-state index contributed by atoms with van der Waals surface area (Å²) in [4.78, 5) is 18.6. The SMILES string of the molecule is C#Cc1c(F)ccc2cc(O)cc(-c3nc(OC)c4c(N5CCC[C@@](C)(O)C5)nc(OC[C@]56CCC[C@H]5N(C5COC5)CCC6)nc4c3F)c12. The topological polar surface area (TPSA) is 113 Å². The first-order valence-corrected chi connectivity index (χ1v) is 17.4. The van der Waals surface area contributed by atoms with E-state index in [0.29, 0.717) is 49.3 Å². The Labute approximate surface area is 289 Å². The van der Waals surface area contributed by atoms with Crippen LogP contribution in [-0.4, -0.2) is 94.3 Å². The average molecular weight is 686 g/mol. The maximum absolute atomic E-state index is 17.2. The van der Waals surface area contributed by atoms with Gasteiger partial charge in [-0.1, -0.05) is 18.4 Å². The van der Waals surface area contributed by atoms with E-state index >= 15 is 4.39 Å². The number of pyridine rings is 1. The van der Waals surface area contributed by atoms with E-state index in [1.807, 2.05) is 4.90 Å². The van der Waals surface area contributed by atoms with Gasteiger partial charge >= 0.3 is 6.01 Å². The molecule has 3 saturated heterocycles. The Kier molecular flexibility index (Phi) is 8.20. The van der Waals surface area contributed by atoms with E-state index in [9.17, 15) is 14.6 Å². The predicted octanol–water partition coefficient (Wildman–Crippen LogP) is 5.58. The fraction of sp³-hybridized carbons (Fsp3) is 0.500. The number of hydrogen-bond donors (Lipinski definition) is 2. The fourth-order valence-electron chi connectivity index (χ4n) is 8.88. The number of terminal acetylenes is 1. The molecule has 8 rings (SSSR count). The molecular weight excluding hydrogens is 644 g/mol. The highest BCUT2D eigenvalue weighted by Crippen LogP contribution is 2.49. The Morgan fingerprint density at radius 3 is 2.60 bits per heavy atom. The second-order valence-electron chi connectivity index (χ2n) is 14.6. The number of aromatic hydroxyl groups is 1. The normalized spacial score (nSPS) is 25.8. The molecule has 1 saturated carbocycles. The Hall–Kier alpha value is -4.31. The molecule has 0 radical (unpaired) electrons. The van der Waals surface area contributed by atoms with E-state index in [0.717, 1.165) is 51.9 Å². The number of aliphatic hydroxyl groups is 1. The lowest BCUT2D eigenvalue weighted by Crippen LogP contribution is -2.60. The molecule has 12 heteroatoms. The number of phenolic OH excluding ortho intramolecular Hbond substituents is 1. The maximum atomic E-state index is 17.2. The van der Waals surface area contributed by atoms with Gasteiger partial charge in [0.15, 0.2) is 5.82 Å². The second kappa shape index (κ2) is 12.5. The van der Waals surface area contributed by atoms with Gasteiger partial charge in [0.1, 0.15) is 34.0 Å². The molecule has 2 aromatic heterocycles. The van der Waals surface area contributed by atoms with Crippen molar-refractivity contribution in [2.45, 2.75) is 69.6 Å². The molecule has 2 N–H and O–H groups in total. The third-order valence-corrected chi connectivity index (χ3v) is 11.3. The fourth-order valence-corrected chi connectivity index (χ4v) is 8.88. The first kappa shape index (κ1) is 32.9. The van der Waals surface area contributed by atoms with Crippen molar-refractivity contribution in [2.75, 3.05) is 51.5 Å². The minimum atomic E-state index is -1.00. The number of methoxy groups -OCH3 is 1. The maximum Gasteiger partial charge on any atom is 0.319 e. The van der Waals surface area contributed by atoms with Crippen LogP contribution in [0.25, 0.3) is 32.9 Å². The third-order valence-electron chi connectivity index (χ3n) is 11.3. The van der Waals surface area contributed by atoms with Gasteiger partial charge < -0.3 is 29.3 Å². The van der Waals surface area contributed by atoms with Crippen molar-refractivity contribution in [3.8, 4) is 41.2 Å². The summed E-state index contributed by atoms with van der Waals surface area (Å²) in [5.74, 6) is 1.08. The van der Waals surface area contributed by atoms with Crippen LogP contribution in [-0.2, 0) is 4.74 Å². The molecule has 4 aliphatic rings.